The first kappa shape index (κ1) is 11.5. The van der Waals surface area contributed by atoms with Crippen molar-refractivity contribution >= 4 is 0 Å². The minimum Gasteiger partial charge on any atom is -0.632 e. The van der Waals surface area contributed by atoms with Crippen molar-refractivity contribution in [2.75, 3.05) is 6.54 Å². The quantitative estimate of drug-likeness (QED) is 0.571. The van der Waals surface area contributed by atoms with Crippen LogP contribution in [0.4, 0.5) is 0 Å². The smallest absolute Gasteiger partial charge is 0.137 e. The summed E-state index contributed by atoms with van der Waals surface area (Å²) in [4.78, 5) is 0. The molecule has 1 aromatic carbocycles. The lowest BCUT2D eigenvalue weighted by Gasteiger charge is -2.43. The molecule has 4 atom stereocenters. The Hall–Kier alpha value is -0.940. The minimum atomic E-state index is -0.916. The first-order valence-corrected chi connectivity index (χ1v) is 5.51. The van der Waals surface area contributed by atoms with Crippen LogP contribution in [-0.2, 0) is 6.54 Å². The molecule has 0 saturated carbocycles. The fourth-order valence-electron chi connectivity index (χ4n) is 2.29. The summed E-state index contributed by atoms with van der Waals surface area (Å²) in [7, 11) is 0. The van der Waals surface area contributed by atoms with E-state index in [1.165, 1.54) is 0 Å². The van der Waals surface area contributed by atoms with Crippen LogP contribution < -0.4 is 0 Å². The molecule has 0 radical (unpaired) electrons. The van der Waals surface area contributed by atoms with E-state index in [4.69, 9.17) is 0 Å². The highest BCUT2D eigenvalue weighted by Gasteiger charge is 2.45. The first-order chi connectivity index (χ1) is 7.53. The Labute approximate surface area is 94.9 Å². The van der Waals surface area contributed by atoms with Crippen LogP contribution in [0.3, 0.4) is 0 Å². The summed E-state index contributed by atoms with van der Waals surface area (Å²) < 4.78 is -0.549. The SMILES string of the molecule is C[C@@H]1[C@@H](O)[C@@H](O)C[N@@+]1([O-])Cc1ccccc1. The van der Waals surface area contributed by atoms with Gasteiger partial charge in [-0.25, -0.2) is 0 Å². The second kappa shape index (κ2) is 4.14. The van der Waals surface area contributed by atoms with Crippen LogP contribution in [0.5, 0.6) is 0 Å². The first-order valence-electron chi connectivity index (χ1n) is 5.51. The Balaban J connectivity index is 2.15. The van der Waals surface area contributed by atoms with Gasteiger partial charge in [-0.05, 0) is 6.92 Å². The molecule has 1 saturated heterocycles. The molecule has 1 heterocycles. The Morgan fingerprint density at radius 1 is 1.31 bits per heavy atom. The molecular weight excluding hydrogens is 206 g/mol. The van der Waals surface area contributed by atoms with E-state index in [9.17, 15) is 15.4 Å². The summed E-state index contributed by atoms with van der Waals surface area (Å²) in [5.74, 6) is 0. The number of quaternary nitrogens is 1. The van der Waals surface area contributed by atoms with Crippen LogP contribution in [0.1, 0.15) is 12.5 Å². The van der Waals surface area contributed by atoms with E-state index in [1.807, 2.05) is 30.3 Å². The molecule has 1 fully saturated rings. The van der Waals surface area contributed by atoms with E-state index in [1.54, 1.807) is 6.92 Å². The standard InChI is InChI=1S/C12H17NO3/c1-9-12(15)11(14)8-13(9,16)7-10-5-3-2-4-6-10/h2-6,9,11-12,14-15H,7-8H2,1H3/t9-,11+,12-,13+/m1/s1. The molecule has 16 heavy (non-hydrogen) atoms. The number of likely N-dealkylation sites (tertiary alicyclic amines) is 1. The molecule has 2 rings (SSSR count). The van der Waals surface area contributed by atoms with Crippen LogP contribution in [0.15, 0.2) is 30.3 Å². The molecule has 0 aromatic heterocycles. The van der Waals surface area contributed by atoms with Gasteiger partial charge in [0, 0.05) is 5.56 Å². The van der Waals surface area contributed by atoms with E-state index in [-0.39, 0.29) is 6.54 Å². The number of aliphatic hydroxyl groups is 2. The normalized spacial score (nSPS) is 38.9. The zero-order valence-electron chi connectivity index (χ0n) is 9.28. The zero-order valence-corrected chi connectivity index (χ0v) is 9.28. The van der Waals surface area contributed by atoms with Crippen molar-refractivity contribution in [2.45, 2.75) is 31.7 Å². The largest absolute Gasteiger partial charge is 0.632 e. The predicted molar refractivity (Wildman–Crippen MR) is 60.1 cm³/mol. The number of aliphatic hydroxyl groups excluding tert-OH is 2. The average molecular weight is 223 g/mol. The van der Waals surface area contributed by atoms with Gasteiger partial charge in [0.2, 0.25) is 0 Å². The topological polar surface area (TPSA) is 63.5 Å². The Morgan fingerprint density at radius 2 is 1.94 bits per heavy atom. The third-order valence-electron chi connectivity index (χ3n) is 3.42. The maximum absolute atomic E-state index is 12.4. The van der Waals surface area contributed by atoms with Crippen molar-refractivity contribution in [1.29, 1.82) is 0 Å². The lowest BCUT2D eigenvalue weighted by atomic mass is 10.1. The average Bonchev–Trinajstić information content (AvgIpc) is 2.44. The zero-order chi connectivity index (χ0) is 11.8. The summed E-state index contributed by atoms with van der Waals surface area (Å²) in [5.41, 5.74) is 0.936. The third-order valence-corrected chi connectivity index (χ3v) is 3.42. The fourth-order valence-corrected chi connectivity index (χ4v) is 2.29. The Kier molecular flexibility index (Phi) is 2.99. The molecule has 0 spiro atoms. The van der Waals surface area contributed by atoms with Gasteiger partial charge in [-0.15, -0.1) is 0 Å². The van der Waals surface area contributed by atoms with Gasteiger partial charge in [0.25, 0.3) is 0 Å². The number of hydrogen-bond acceptors (Lipinski definition) is 3. The summed E-state index contributed by atoms with van der Waals surface area (Å²) in [6, 6.07) is 8.97. The van der Waals surface area contributed by atoms with E-state index in [0.29, 0.717) is 6.54 Å². The highest BCUT2D eigenvalue weighted by atomic mass is 16.6. The molecule has 0 bridgehead atoms. The Morgan fingerprint density at radius 3 is 2.44 bits per heavy atom. The van der Waals surface area contributed by atoms with Crippen LogP contribution in [0, 0.1) is 5.21 Å². The molecular formula is C12H17NO3. The van der Waals surface area contributed by atoms with E-state index in [0.717, 1.165) is 5.56 Å². The predicted octanol–water partition coefficient (Wildman–Crippen LogP) is 0.625. The van der Waals surface area contributed by atoms with Gasteiger partial charge in [0.1, 0.15) is 31.3 Å². The minimum absolute atomic E-state index is 0.0667. The molecule has 1 aliphatic heterocycles. The van der Waals surface area contributed by atoms with E-state index in [2.05, 4.69) is 0 Å². The number of hydroxylamine groups is 3. The van der Waals surface area contributed by atoms with Crippen molar-refractivity contribution in [3.63, 3.8) is 0 Å². The highest BCUT2D eigenvalue weighted by molar-refractivity contribution is 5.13. The van der Waals surface area contributed by atoms with Gasteiger partial charge in [0.05, 0.1) is 0 Å². The fraction of sp³-hybridized carbons (Fsp3) is 0.500. The highest BCUT2D eigenvalue weighted by Crippen LogP contribution is 2.28. The van der Waals surface area contributed by atoms with Gasteiger partial charge < -0.3 is 20.1 Å². The van der Waals surface area contributed by atoms with Gasteiger partial charge in [-0.3, -0.25) is 0 Å². The van der Waals surface area contributed by atoms with Gasteiger partial charge in [-0.2, -0.15) is 0 Å². The summed E-state index contributed by atoms with van der Waals surface area (Å²) in [5, 5.41) is 31.6. The van der Waals surface area contributed by atoms with Crippen molar-refractivity contribution < 1.29 is 14.9 Å². The van der Waals surface area contributed by atoms with Crippen molar-refractivity contribution in [3.8, 4) is 0 Å². The van der Waals surface area contributed by atoms with Crippen LogP contribution in [0.2, 0.25) is 0 Å². The molecule has 88 valence electrons. The lowest BCUT2D eigenvalue weighted by molar-refractivity contribution is -0.906. The maximum Gasteiger partial charge on any atom is 0.137 e. The molecule has 0 unspecified atom stereocenters. The Bertz CT molecular complexity index is 357. The number of hydrogen-bond donors (Lipinski definition) is 2. The second-order valence-corrected chi connectivity index (χ2v) is 4.58. The second-order valence-electron chi connectivity index (χ2n) is 4.58. The van der Waals surface area contributed by atoms with Crippen LogP contribution >= 0.6 is 0 Å². The van der Waals surface area contributed by atoms with Crippen molar-refractivity contribution in [3.05, 3.63) is 41.1 Å². The van der Waals surface area contributed by atoms with Crippen LogP contribution in [-0.4, -0.2) is 39.7 Å². The molecule has 1 aliphatic rings. The molecule has 0 aliphatic carbocycles. The summed E-state index contributed by atoms with van der Waals surface area (Å²) in [6.07, 6.45) is -1.82. The van der Waals surface area contributed by atoms with Crippen molar-refractivity contribution in [2.24, 2.45) is 0 Å². The molecule has 0 amide bonds. The molecule has 1 aromatic rings. The molecule has 4 heteroatoms. The number of nitrogens with zero attached hydrogens (tertiary/aromatic N) is 1. The van der Waals surface area contributed by atoms with E-state index < -0.39 is 22.9 Å². The molecule has 4 nitrogen and oxygen atoms in total. The van der Waals surface area contributed by atoms with Crippen LogP contribution in [0.25, 0.3) is 0 Å². The molecule has 2 N–H and O–H groups in total. The van der Waals surface area contributed by atoms with Gasteiger partial charge >= 0.3 is 0 Å². The van der Waals surface area contributed by atoms with Gasteiger partial charge in [0.15, 0.2) is 0 Å². The third kappa shape index (κ3) is 1.97. The van der Waals surface area contributed by atoms with Gasteiger partial charge in [-0.1, -0.05) is 30.3 Å². The van der Waals surface area contributed by atoms with E-state index >= 15 is 0 Å². The monoisotopic (exact) mass is 223 g/mol. The number of benzene rings is 1. The summed E-state index contributed by atoms with van der Waals surface area (Å²) >= 11 is 0. The van der Waals surface area contributed by atoms with Crippen molar-refractivity contribution in [1.82, 2.24) is 0 Å². The maximum atomic E-state index is 12.4. The number of rotatable bonds is 2. The summed E-state index contributed by atoms with van der Waals surface area (Å²) in [6.45, 7) is 2.06. The lowest BCUT2D eigenvalue weighted by Crippen LogP contribution is -2.46.